The van der Waals surface area contributed by atoms with Crippen LogP contribution in [0.2, 0.25) is 6.55 Å². The van der Waals surface area contributed by atoms with Crippen molar-refractivity contribution < 1.29 is 0 Å². The lowest BCUT2D eigenvalue weighted by molar-refractivity contribution is 0.569. The fraction of sp³-hybridized carbons (Fsp3) is 0.262. The molecule has 0 bridgehead atoms. The second-order valence-electron chi connectivity index (χ2n) is 24.5. The molecule has 0 fully saturated rings. The van der Waals surface area contributed by atoms with Gasteiger partial charge in [0.05, 0.1) is 5.69 Å². The fourth-order valence-corrected chi connectivity index (χ4v) is 15.9. The quantitative estimate of drug-likeness (QED) is 0.154. The van der Waals surface area contributed by atoms with Gasteiger partial charge in [0.25, 0.3) is 6.71 Å². The van der Waals surface area contributed by atoms with Gasteiger partial charge in [-0.1, -0.05) is 203 Å². The molecule has 8 aromatic rings. The summed E-state index contributed by atoms with van der Waals surface area (Å²) in [6.07, 6.45) is 0. The normalized spacial score (nSPS) is 16.0. The van der Waals surface area contributed by atoms with Gasteiger partial charge in [-0.25, -0.2) is 0 Å². The summed E-state index contributed by atoms with van der Waals surface area (Å²) >= 11 is 0. The Kier molecular flexibility index (Phi) is 10.5. The van der Waals surface area contributed by atoms with Crippen molar-refractivity contribution in [2.24, 2.45) is 0 Å². The maximum Gasteiger partial charge on any atom is 0.251 e. The first kappa shape index (κ1) is 45.9. The third kappa shape index (κ3) is 7.29. The van der Waals surface area contributed by atoms with Gasteiger partial charge >= 0.3 is 0 Å². The van der Waals surface area contributed by atoms with Crippen LogP contribution in [0.25, 0.3) is 0 Å². The second-order valence-corrected chi connectivity index (χ2v) is 28.4. The van der Waals surface area contributed by atoms with E-state index in [-0.39, 0.29) is 28.4 Å². The number of hydrogen-bond donors (Lipinski definition) is 0. The molecule has 3 aliphatic rings. The van der Waals surface area contributed by atoms with E-state index in [1.54, 1.807) is 0 Å². The van der Waals surface area contributed by atoms with Crippen LogP contribution in [-0.2, 0) is 21.7 Å². The van der Waals surface area contributed by atoms with Gasteiger partial charge in [-0.15, -0.1) is 0 Å². The Morgan fingerprint density at radius 1 is 0.357 bits per heavy atom. The van der Waals surface area contributed by atoms with Gasteiger partial charge in [-0.05, 0) is 138 Å². The molecule has 0 amide bonds. The minimum absolute atomic E-state index is 0.0129. The zero-order valence-electron chi connectivity index (χ0n) is 43.7. The topological polar surface area (TPSA) is 9.72 Å². The molecule has 1 atom stereocenters. The van der Waals surface area contributed by atoms with Gasteiger partial charge in [-0.2, -0.15) is 0 Å². The summed E-state index contributed by atoms with van der Waals surface area (Å²) in [6, 6.07) is 68.0. The molecule has 5 heteroatoms. The van der Waals surface area contributed by atoms with Crippen molar-refractivity contribution in [1.82, 2.24) is 0 Å². The summed E-state index contributed by atoms with van der Waals surface area (Å²) in [4.78, 5) is 7.80. The molecule has 0 saturated carbocycles. The third-order valence-electron chi connectivity index (χ3n) is 15.7. The molecule has 8 aromatic carbocycles. The predicted molar refractivity (Wildman–Crippen MR) is 307 cm³/mol. The lowest BCUT2D eigenvalue weighted by atomic mass is 9.33. The minimum Gasteiger partial charge on any atom is -0.311 e. The Balaban J connectivity index is 1.34. The molecule has 3 nitrogen and oxygen atoms in total. The first-order valence-corrected chi connectivity index (χ1v) is 28.0. The van der Waals surface area contributed by atoms with Crippen molar-refractivity contribution in [3.05, 3.63) is 198 Å². The third-order valence-corrected chi connectivity index (χ3v) is 20.2. The van der Waals surface area contributed by atoms with E-state index in [2.05, 4.69) is 280 Å². The molecule has 0 aromatic heterocycles. The van der Waals surface area contributed by atoms with E-state index in [1.807, 2.05) is 0 Å². The summed E-state index contributed by atoms with van der Waals surface area (Å²) in [5.74, 6) is 0. The van der Waals surface area contributed by atoms with Crippen LogP contribution in [0.4, 0.5) is 51.2 Å². The molecule has 3 aliphatic heterocycles. The lowest BCUT2D eigenvalue weighted by Crippen LogP contribution is -2.83. The van der Waals surface area contributed by atoms with Crippen LogP contribution in [-0.4, -0.2) is 14.8 Å². The summed E-state index contributed by atoms with van der Waals surface area (Å²) in [5.41, 5.74) is 20.2. The van der Waals surface area contributed by atoms with Crippen molar-refractivity contribution in [2.45, 2.75) is 111 Å². The number of anilines is 9. The number of para-hydroxylation sites is 2. The zero-order valence-corrected chi connectivity index (χ0v) is 44.7. The lowest BCUT2D eigenvalue weighted by Gasteiger charge is -2.51. The van der Waals surface area contributed by atoms with Gasteiger partial charge in [0.15, 0.2) is 0 Å². The number of nitrogens with zero attached hydrogens (tertiary/aromatic N) is 3. The molecule has 3 heterocycles. The molecule has 11 rings (SSSR count). The van der Waals surface area contributed by atoms with Gasteiger partial charge < -0.3 is 14.7 Å². The van der Waals surface area contributed by atoms with Gasteiger partial charge in [0.1, 0.15) is 8.07 Å². The van der Waals surface area contributed by atoms with Crippen LogP contribution in [0.1, 0.15) is 105 Å². The molecule has 0 aliphatic carbocycles. The Bertz CT molecular complexity index is 3250. The second kappa shape index (κ2) is 16.0. The summed E-state index contributed by atoms with van der Waals surface area (Å²) in [6.45, 7) is 30.9. The molecule has 0 radical (unpaired) electrons. The SMILES string of the molecule is CC(C)(C)c1ccc(N2c3cc(N(c4ccccc4)c4ccccc4)cc4c3B3c5c(cccc5[Si](C)(c5ccccc5)c5cc(C(C)(C)C)cc2c53)N4c2cc(C(C)(C)C)cc(C(C)(C)C)c2)cc1. The average molecular weight is 930 g/mol. The average Bonchev–Trinajstić information content (AvgIpc) is 3.32. The minimum atomic E-state index is -2.70. The smallest absolute Gasteiger partial charge is 0.251 e. The summed E-state index contributed by atoms with van der Waals surface area (Å²) < 4.78 is 0. The van der Waals surface area contributed by atoms with Crippen LogP contribution in [0, 0.1) is 0 Å². The molecular formula is C65H68BN3Si. The van der Waals surface area contributed by atoms with Crippen LogP contribution in [0.5, 0.6) is 0 Å². The van der Waals surface area contributed by atoms with Gasteiger partial charge in [-0.3, -0.25) is 0 Å². The number of rotatable bonds is 6. The van der Waals surface area contributed by atoms with Crippen LogP contribution >= 0.6 is 0 Å². The van der Waals surface area contributed by atoms with Crippen molar-refractivity contribution in [1.29, 1.82) is 0 Å². The molecule has 0 N–H and O–H groups in total. The van der Waals surface area contributed by atoms with E-state index < -0.39 is 8.07 Å². The summed E-state index contributed by atoms with van der Waals surface area (Å²) in [7, 11) is -2.70. The van der Waals surface area contributed by atoms with Crippen LogP contribution < -0.4 is 46.6 Å². The van der Waals surface area contributed by atoms with E-state index in [9.17, 15) is 0 Å². The first-order chi connectivity index (χ1) is 33.1. The monoisotopic (exact) mass is 930 g/mol. The highest BCUT2D eigenvalue weighted by Crippen LogP contribution is 2.50. The molecule has 70 heavy (non-hydrogen) atoms. The highest BCUT2D eigenvalue weighted by molar-refractivity contribution is 7.21. The first-order valence-electron chi connectivity index (χ1n) is 25.5. The Morgan fingerprint density at radius 2 is 0.814 bits per heavy atom. The molecule has 0 spiro atoms. The zero-order chi connectivity index (χ0) is 49.3. The maximum atomic E-state index is 2.68. The fourth-order valence-electron chi connectivity index (χ4n) is 11.7. The van der Waals surface area contributed by atoms with Crippen molar-refractivity contribution in [3.63, 3.8) is 0 Å². The Labute approximate surface area is 420 Å². The van der Waals surface area contributed by atoms with E-state index in [4.69, 9.17) is 0 Å². The maximum absolute atomic E-state index is 2.70. The molecule has 350 valence electrons. The van der Waals surface area contributed by atoms with Gasteiger partial charge in [0.2, 0.25) is 0 Å². The Hall–Kier alpha value is -6.56. The predicted octanol–water partition coefficient (Wildman–Crippen LogP) is 13.8. The van der Waals surface area contributed by atoms with E-state index in [1.165, 1.54) is 88.3 Å². The number of benzene rings is 8. The van der Waals surface area contributed by atoms with Crippen LogP contribution in [0.3, 0.4) is 0 Å². The van der Waals surface area contributed by atoms with Gasteiger partial charge in [0, 0.05) is 45.5 Å². The highest BCUT2D eigenvalue weighted by atomic mass is 28.3. The Morgan fingerprint density at radius 3 is 1.33 bits per heavy atom. The number of hydrogen-bond acceptors (Lipinski definition) is 3. The van der Waals surface area contributed by atoms with Crippen molar-refractivity contribution in [3.8, 4) is 0 Å². The highest BCUT2D eigenvalue weighted by Gasteiger charge is 2.54. The van der Waals surface area contributed by atoms with E-state index in [0.29, 0.717) is 0 Å². The van der Waals surface area contributed by atoms with Crippen molar-refractivity contribution >= 4 is 97.9 Å². The van der Waals surface area contributed by atoms with E-state index >= 15 is 0 Å². The summed E-state index contributed by atoms with van der Waals surface area (Å²) in [5, 5.41) is 4.49. The standard InChI is InChI=1S/C65H68BN3Si/c1-62(2,3)43-32-34-49(35-33-43)68-54-39-46(65(10,11)12)40-58-61(54)66-59-55(68)41-51(67(47-24-17-14-18-25-47)48-26-19-15-20-27-48)42-56(59)69(50-37-44(63(4,5)6)36-45(38-50)64(7,8)9)53-30-23-31-57(60(53)66)70(58,13)52-28-21-16-22-29-52/h14-42H,1-13H3. The van der Waals surface area contributed by atoms with Crippen molar-refractivity contribution in [2.75, 3.05) is 14.7 Å². The van der Waals surface area contributed by atoms with Crippen LogP contribution in [0.15, 0.2) is 176 Å². The molecule has 1 unspecified atom stereocenters. The molecular weight excluding hydrogens is 862 g/mol. The van der Waals surface area contributed by atoms with E-state index in [0.717, 1.165) is 17.1 Å². The largest absolute Gasteiger partial charge is 0.311 e. The molecule has 0 saturated heterocycles.